The summed E-state index contributed by atoms with van der Waals surface area (Å²) < 4.78 is 27.4. The molecule has 0 heterocycles. The van der Waals surface area contributed by atoms with Gasteiger partial charge in [0, 0.05) is 18.5 Å². The lowest BCUT2D eigenvalue weighted by Crippen LogP contribution is -2.40. The molecule has 1 amide bonds. The van der Waals surface area contributed by atoms with Gasteiger partial charge in [-0.3, -0.25) is 4.79 Å². The Morgan fingerprint density at radius 2 is 1.57 bits per heavy atom. The lowest BCUT2D eigenvalue weighted by molar-refractivity contribution is -0.126. The Morgan fingerprint density at radius 3 is 2.20 bits per heavy atom. The molecule has 5 nitrogen and oxygen atoms in total. The van der Waals surface area contributed by atoms with Crippen LogP contribution in [0.25, 0.3) is 0 Å². The van der Waals surface area contributed by atoms with Gasteiger partial charge < -0.3 is 5.32 Å². The number of nitrogens with one attached hydrogen (secondary N) is 2. The first kappa shape index (κ1) is 22.5. The molecule has 0 aromatic heterocycles. The molecule has 1 aliphatic carbocycles. The Kier molecular flexibility index (Phi) is 8.05. The number of benzene rings is 2. The molecule has 2 N–H and O–H groups in total. The van der Waals surface area contributed by atoms with Crippen LogP contribution < -0.4 is 10.0 Å². The number of hydrogen-bond acceptors (Lipinski definition) is 3. The second-order valence-electron chi connectivity index (χ2n) is 8.32. The molecule has 1 atom stereocenters. The van der Waals surface area contributed by atoms with Crippen LogP contribution in [0, 0.1) is 11.8 Å². The molecule has 30 heavy (non-hydrogen) atoms. The molecule has 3 rings (SSSR count). The maximum atomic E-state index is 12.6. The van der Waals surface area contributed by atoms with E-state index in [-0.39, 0.29) is 23.8 Å². The maximum absolute atomic E-state index is 12.6. The average molecular weight is 429 g/mol. The topological polar surface area (TPSA) is 75.3 Å². The van der Waals surface area contributed by atoms with Crippen molar-refractivity contribution in [2.45, 2.75) is 56.4 Å². The fraction of sp³-hybridized carbons (Fsp3) is 0.458. The van der Waals surface area contributed by atoms with Crippen LogP contribution in [0.3, 0.4) is 0 Å². The van der Waals surface area contributed by atoms with Crippen LogP contribution in [-0.2, 0) is 21.2 Å². The van der Waals surface area contributed by atoms with Crippen LogP contribution in [-0.4, -0.2) is 26.9 Å². The van der Waals surface area contributed by atoms with E-state index >= 15 is 0 Å². The number of aryl methyl sites for hydroxylation is 1. The Morgan fingerprint density at radius 1 is 0.967 bits per heavy atom. The molecule has 1 aliphatic rings. The molecule has 0 bridgehead atoms. The van der Waals surface area contributed by atoms with Crippen LogP contribution in [0.1, 0.15) is 44.6 Å². The third kappa shape index (κ3) is 6.67. The number of rotatable bonds is 9. The standard InChI is InChI=1S/C24H32N2O3S/c1-19(12-13-20-8-4-2-5-9-20)26-24(27)22-16-14-21(15-17-22)18-25-30(28,29)23-10-6-3-7-11-23/h2-11,19,21-22,25H,12-18H2,1H3,(H,26,27)/t19-,21?,22?/m0/s1. The zero-order chi connectivity index (χ0) is 21.4. The van der Waals surface area contributed by atoms with Gasteiger partial charge in [-0.05, 0) is 69.1 Å². The molecule has 2 aromatic carbocycles. The Bertz CT molecular complexity index is 893. The van der Waals surface area contributed by atoms with Gasteiger partial charge in [-0.1, -0.05) is 48.5 Å². The molecule has 0 unspecified atom stereocenters. The van der Waals surface area contributed by atoms with Gasteiger partial charge in [0.05, 0.1) is 4.90 Å². The second-order valence-corrected chi connectivity index (χ2v) is 10.1. The Balaban J connectivity index is 1.38. The lowest BCUT2D eigenvalue weighted by Gasteiger charge is -2.28. The fourth-order valence-corrected chi connectivity index (χ4v) is 5.14. The van der Waals surface area contributed by atoms with E-state index in [9.17, 15) is 13.2 Å². The van der Waals surface area contributed by atoms with Gasteiger partial charge in [0.25, 0.3) is 0 Å². The normalized spacial score (nSPS) is 20.4. The maximum Gasteiger partial charge on any atom is 0.240 e. The largest absolute Gasteiger partial charge is 0.353 e. The van der Waals surface area contributed by atoms with Crippen molar-refractivity contribution in [3.8, 4) is 0 Å². The first-order chi connectivity index (χ1) is 14.4. The summed E-state index contributed by atoms with van der Waals surface area (Å²) in [6.45, 7) is 2.49. The average Bonchev–Trinajstić information content (AvgIpc) is 2.78. The second kappa shape index (κ2) is 10.7. The lowest BCUT2D eigenvalue weighted by atomic mass is 9.81. The van der Waals surface area contributed by atoms with Gasteiger partial charge in [-0.15, -0.1) is 0 Å². The highest BCUT2D eigenvalue weighted by molar-refractivity contribution is 7.89. The molecule has 6 heteroatoms. The SMILES string of the molecule is C[C@@H](CCc1ccccc1)NC(=O)C1CCC(CNS(=O)(=O)c2ccccc2)CC1. The molecular weight excluding hydrogens is 396 g/mol. The van der Waals surface area contributed by atoms with Crippen LogP contribution in [0.2, 0.25) is 0 Å². The highest BCUT2D eigenvalue weighted by atomic mass is 32.2. The number of carbonyl (C=O) groups is 1. The Labute approximate surface area is 180 Å². The molecule has 0 saturated heterocycles. The van der Waals surface area contributed by atoms with Gasteiger partial charge in [0.1, 0.15) is 0 Å². The van der Waals surface area contributed by atoms with Crippen molar-refractivity contribution in [2.75, 3.05) is 6.54 Å². The van der Waals surface area contributed by atoms with E-state index in [0.29, 0.717) is 11.4 Å². The van der Waals surface area contributed by atoms with Crippen molar-refractivity contribution >= 4 is 15.9 Å². The van der Waals surface area contributed by atoms with Crippen molar-refractivity contribution in [3.05, 3.63) is 66.2 Å². The van der Waals surface area contributed by atoms with E-state index < -0.39 is 10.0 Å². The zero-order valence-electron chi connectivity index (χ0n) is 17.6. The summed E-state index contributed by atoms with van der Waals surface area (Å²) in [6, 6.07) is 18.9. The minimum Gasteiger partial charge on any atom is -0.353 e. The number of hydrogen-bond donors (Lipinski definition) is 2. The van der Waals surface area contributed by atoms with Crippen molar-refractivity contribution < 1.29 is 13.2 Å². The molecule has 0 aliphatic heterocycles. The first-order valence-electron chi connectivity index (χ1n) is 10.8. The van der Waals surface area contributed by atoms with Gasteiger partial charge >= 0.3 is 0 Å². The van der Waals surface area contributed by atoms with Gasteiger partial charge in [-0.2, -0.15) is 0 Å². The summed E-state index contributed by atoms with van der Waals surface area (Å²) >= 11 is 0. The zero-order valence-corrected chi connectivity index (χ0v) is 18.4. The molecule has 1 saturated carbocycles. The van der Waals surface area contributed by atoms with Gasteiger partial charge in [0.2, 0.25) is 15.9 Å². The van der Waals surface area contributed by atoms with Crippen LogP contribution in [0.5, 0.6) is 0 Å². The molecule has 1 fully saturated rings. The third-order valence-electron chi connectivity index (χ3n) is 5.93. The quantitative estimate of drug-likeness (QED) is 0.636. The molecule has 2 aromatic rings. The van der Waals surface area contributed by atoms with Gasteiger partial charge in [0.15, 0.2) is 0 Å². The summed E-state index contributed by atoms with van der Waals surface area (Å²) in [6.07, 6.45) is 5.24. The highest BCUT2D eigenvalue weighted by Gasteiger charge is 2.27. The summed E-state index contributed by atoms with van der Waals surface area (Å²) in [5, 5.41) is 3.16. The van der Waals surface area contributed by atoms with Crippen LogP contribution in [0.15, 0.2) is 65.6 Å². The highest BCUT2D eigenvalue weighted by Crippen LogP contribution is 2.29. The summed E-state index contributed by atoms with van der Waals surface area (Å²) in [7, 11) is -3.46. The summed E-state index contributed by atoms with van der Waals surface area (Å²) in [4.78, 5) is 12.9. The van der Waals surface area contributed by atoms with E-state index in [1.807, 2.05) is 18.2 Å². The van der Waals surface area contributed by atoms with Crippen molar-refractivity contribution in [3.63, 3.8) is 0 Å². The molecule has 0 spiro atoms. The summed E-state index contributed by atoms with van der Waals surface area (Å²) in [5.74, 6) is 0.452. The first-order valence-corrected chi connectivity index (χ1v) is 12.3. The fourth-order valence-electron chi connectivity index (χ4n) is 4.00. The van der Waals surface area contributed by atoms with Crippen molar-refractivity contribution in [1.29, 1.82) is 0 Å². The minimum atomic E-state index is -3.46. The van der Waals surface area contributed by atoms with Gasteiger partial charge in [-0.25, -0.2) is 13.1 Å². The van der Waals surface area contributed by atoms with E-state index in [1.54, 1.807) is 30.3 Å². The summed E-state index contributed by atoms with van der Waals surface area (Å²) in [5.41, 5.74) is 1.29. The molecular formula is C24H32N2O3S. The number of carbonyl (C=O) groups excluding carboxylic acids is 1. The van der Waals surface area contributed by atoms with Crippen molar-refractivity contribution in [1.82, 2.24) is 10.0 Å². The third-order valence-corrected chi connectivity index (χ3v) is 7.37. The van der Waals surface area contributed by atoms with Crippen LogP contribution in [0.4, 0.5) is 0 Å². The molecule has 162 valence electrons. The minimum absolute atomic E-state index is 0.0335. The predicted molar refractivity (Wildman–Crippen MR) is 119 cm³/mol. The van der Waals surface area contributed by atoms with Crippen molar-refractivity contribution in [2.24, 2.45) is 11.8 Å². The Hall–Kier alpha value is -2.18. The van der Waals surface area contributed by atoms with E-state index in [4.69, 9.17) is 0 Å². The number of amides is 1. The monoisotopic (exact) mass is 428 g/mol. The van der Waals surface area contributed by atoms with E-state index in [1.165, 1.54) is 5.56 Å². The molecule has 0 radical (unpaired) electrons. The predicted octanol–water partition coefficient (Wildman–Crippen LogP) is 3.91. The van der Waals surface area contributed by atoms with Crippen LogP contribution >= 0.6 is 0 Å². The number of sulfonamides is 1. The van der Waals surface area contributed by atoms with E-state index in [2.05, 4.69) is 29.1 Å². The smallest absolute Gasteiger partial charge is 0.240 e. The van der Waals surface area contributed by atoms with E-state index in [0.717, 1.165) is 38.5 Å².